The van der Waals surface area contributed by atoms with Crippen molar-refractivity contribution in [1.29, 1.82) is 0 Å². The van der Waals surface area contributed by atoms with Crippen molar-refractivity contribution in [1.82, 2.24) is 5.32 Å². The zero-order valence-electron chi connectivity index (χ0n) is 21.1. The van der Waals surface area contributed by atoms with Gasteiger partial charge in [-0.25, -0.2) is 0 Å². The Hall–Kier alpha value is -2.67. The first-order chi connectivity index (χ1) is 16.7. The highest BCUT2D eigenvalue weighted by Gasteiger charge is 2.67. The zero-order valence-corrected chi connectivity index (χ0v) is 21.1. The average Bonchev–Trinajstić information content (AvgIpc) is 3.54. The van der Waals surface area contributed by atoms with Crippen LogP contribution in [0.25, 0.3) is 0 Å². The van der Waals surface area contributed by atoms with E-state index in [0.29, 0.717) is 13.0 Å². The largest absolute Gasteiger partial charge is 0.452 e. The number of benzene rings is 1. The van der Waals surface area contributed by atoms with Crippen molar-refractivity contribution in [2.24, 2.45) is 17.8 Å². The lowest BCUT2D eigenvalue weighted by Crippen LogP contribution is -2.46. The lowest BCUT2D eigenvalue weighted by Gasteiger charge is -2.26. The highest BCUT2D eigenvalue weighted by atomic mass is 16.6. The maximum absolute atomic E-state index is 13.7. The molecule has 0 aromatic heterocycles. The summed E-state index contributed by atoms with van der Waals surface area (Å²) in [6.07, 6.45) is 7.02. The minimum Gasteiger partial charge on any atom is -0.452 e. The quantitative estimate of drug-likeness (QED) is 0.476. The van der Waals surface area contributed by atoms with Gasteiger partial charge < -0.3 is 19.7 Å². The molecule has 35 heavy (non-hydrogen) atoms. The molecule has 5 atom stereocenters. The molecular formula is C28H36N2O5. The number of amides is 2. The van der Waals surface area contributed by atoms with Crippen LogP contribution in [-0.2, 0) is 23.9 Å². The van der Waals surface area contributed by atoms with Gasteiger partial charge >= 0.3 is 5.97 Å². The number of fused-ring (bicyclic) bond motifs is 1. The Morgan fingerprint density at radius 1 is 1.17 bits per heavy atom. The minimum atomic E-state index is -0.866. The van der Waals surface area contributed by atoms with Crippen LogP contribution in [0.4, 0.5) is 5.69 Å². The van der Waals surface area contributed by atoms with Crippen LogP contribution in [0.2, 0.25) is 0 Å². The van der Waals surface area contributed by atoms with E-state index in [4.69, 9.17) is 9.47 Å². The van der Waals surface area contributed by atoms with Crippen molar-refractivity contribution in [3.05, 3.63) is 41.5 Å². The zero-order chi connectivity index (χ0) is 24.9. The lowest BCUT2D eigenvalue weighted by atomic mass is 9.77. The smallest absolute Gasteiger partial charge is 0.313 e. The summed E-state index contributed by atoms with van der Waals surface area (Å²) in [5.41, 5.74) is 2.13. The second-order valence-corrected chi connectivity index (χ2v) is 11.2. The summed E-state index contributed by atoms with van der Waals surface area (Å²) in [5.74, 6) is -2.10. The summed E-state index contributed by atoms with van der Waals surface area (Å²) in [6, 6.07) is 6.18. The standard InChI is InChI=1S/C28H36N2O5/c1-16(2)11-22(25(31)29-19-7-5-6-8-19)34-27(33)23-21-9-10-28(35-21)15-30(26(32)24(23)28)20-13-17(3)12-18(4)14-20/h9-10,12-14,16,19,21-24H,5-8,11,15H2,1-4H3,(H,29,31)/t21-,22-,23-,24+,28+/m0/s1. The third kappa shape index (κ3) is 4.39. The molecule has 7 heteroatoms. The number of nitrogens with zero attached hydrogens (tertiary/aromatic N) is 1. The van der Waals surface area contributed by atoms with Gasteiger partial charge in [0.05, 0.1) is 18.6 Å². The molecule has 7 nitrogen and oxygen atoms in total. The Morgan fingerprint density at radius 3 is 2.51 bits per heavy atom. The highest BCUT2D eigenvalue weighted by Crippen LogP contribution is 2.53. The van der Waals surface area contributed by atoms with Gasteiger partial charge in [-0.15, -0.1) is 0 Å². The number of carbonyl (C=O) groups is 3. The van der Waals surface area contributed by atoms with Gasteiger partial charge in [0, 0.05) is 11.7 Å². The maximum atomic E-state index is 13.7. The Morgan fingerprint density at radius 2 is 1.86 bits per heavy atom. The fraction of sp³-hybridized carbons (Fsp3) is 0.607. The van der Waals surface area contributed by atoms with Crippen molar-refractivity contribution in [3.63, 3.8) is 0 Å². The Bertz CT molecular complexity index is 1040. The fourth-order valence-corrected chi connectivity index (χ4v) is 6.31. The molecule has 2 amide bonds. The SMILES string of the molecule is Cc1cc(C)cc(N2C[C@@]34C=C[C@H](O3)[C@H](C(=O)O[C@@H](CC(C)C)C(=O)NC3CCCC3)[C@@H]4C2=O)c1. The first-order valence-electron chi connectivity index (χ1n) is 12.9. The second-order valence-electron chi connectivity index (χ2n) is 11.2. The van der Waals surface area contributed by atoms with Gasteiger partial charge in [-0.3, -0.25) is 14.4 Å². The summed E-state index contributed by atoms with van der Waals surface area (Å²) in [7, 11) is 0. The molecule has 5 rings (SSSR count). The van der Waals surface area contributed by atoms with Crippen LogP contribution in [0.15, 0.2) is 30.4 Å². The molecule has 2 saturated heterocycles. The van der Waals surface area contributed by atoms with Gasteiger partial charge in [-0.05, 0) is 62.3 Å². The fourth-order valence-electron chi connectivity index (χ4n) is 6.31. The molecule has 3 fully saturated rings. The normalized spacial score (nSPS) is 30.3. The van der Waals surface area contributed by atoms with Crippen LogP contribution in [-0.4, -0.2) is 48.2 Å². The molecule has 1 N–H and O–H groups in total. The van der Waals surface area contributed by atoms with Crippen LogP contribution in [0.5, 0.6) is 0 Å². The molecule has 1 saturated carbocycles. The molecule has 1 aromatic rings. The lowest BCUT2D eigenvalue weighted by molar-refractivity contribution is -0.163. The third-order valence-corrected chi connectivity index (χ3v) is 7.83. The van der Waals surface area contributed by atoms with Crippen molar-refractivity contribution < 1.29 is 23.9 Å². The molecule has 2 bridgehead atoms. The first-order valence-corrected chi connectivity index (χ1v) is 12.9. The first kappa shape index (κ1) is 24.0. The van der Waals surface area contributed by atoms with E-state index < -0.39 is 35.6 Å². The predicted molar refractivity (Wildman–Crippen MR) is 132 cm³/mol. The van der Waals surface area contributed by atoms with E-state index in [1.54, 1.807) is 4.90 Å². The van der Waals surface area contributed by atoms with Gasteiger partial charge in [0.25, 0.3) is 5.91 Å². The van der Waals surface area contributed by atoms with Gasteiger partial charge in [0.2, 0.25) is 5.91 Å². The Balaban J connectivity index is 1.35. The second kappa shape index (κ2) is 9.08. The van der Waals surface area contributed by atoms with E-state index in [1.807, 2.05) is 52.0 Å². The summed E-state index contributed by atoms with van der Waals surface area (Å²) in [5, 5.41) is 3.07. The van der Waals surface area contributed by atoms with Crippen LogP contribution in [0, 0.1) is 31.6 Å². The topological polar surface area (TPSA) is 84.9 Å². The molecule has 1 aromatic carbocycles. The van der Waals surface area contributed by atoms with Gasteiger partial charge in [-0.1, -0.05) is 44.9 Å². The number of carbonyl (C=O) groups excluding carboxylic acids is 3. The molecule has 3 aliphatic heterocycles. The van der Waals surface area contributed by atoms with Gasteiger partial charge in [0.1, 0.15) is 11.5 Å². The number of hydrogen-bond acceptors (Lipinski definition) is 5. The van der Waals surface area contributed by atoms with E-state index in [1.165, 1.54) is 0 Å². The van der Waals surface area contributed by atoms with Crippen LogP contribution >= 0.6 is 0 Å². The molecule has 0 unspecified atom stereocenters. The van der Waals surface area contributed by atoms with E-state index in [0.717, 1.165) is 42.5 Å². The van der Waals surface area contributed by atoms with Crippen molar-refractivity contribution in [2.45, 2.75) is 83.6 Å². The number of esters is 1. The van der Waals surface area contributed by atoms with Gasteiger partial charge in [0.15, 0.2) is 6.10 Å². The number of ether oxygens (including phenoxy) is 2. The predicted octanol–water partition coefficient (Wildman–Crippen LogP) is 3.61. The van der Waals surface area contributed by atoms with Crippen molar-refractivity contribution in [2.75, 3.05) is 11.4 Å². The molecule has 1 spiro atoms. The number of rotatable bonds is 7. The summed E-state index contributed by atoms with van der Waals surface area (Å²) in [4.78, 5) is 41.9. The molecule has 4 aliphatic rings. The van der Waals surface area contributed by atoms with E-state index in [2.05, 4.69) is 11.4 Å². The van der Waals surface area contributed by atoms with Crippen LogP contribution in [0.1, 0.15) is 57.1 Å². The summed E-state index contributed by atoms with van der Waals surface area (Å²) < 4.78 is 12.1. The number of nitrogens with one attached hydrogen (secondary N) is 1. The van der Waals surface area contributed by atoms with Crippen molar-refractivity contribution >= 4 is 23.5 Å². The molecular weight excluding hydrogens is 444 g/mol. The molecule has 3 heterocycles. The Labute approximate surface area is 207 Å². The van der Waals surface area contributed by atoms with Gasteiger partial charge in [-0.2, -0.15) is 0 Å². The summed E-state index contributed by atoms with van der Waals surface area (Å²) >= 11 is 0. The highest BCUT2D eigenvalue weighted by molar-refractivity contribution is 6.03. The van der Waals surface area contributed by atoms with E-state index in [-0.39, 0.29) is 23.8 Å². The molecule has 1 aliphatic carbocycles. The maximum Gasteiger partial charge on any atom is 0.313 e. The third-order valence-electron chi connectivity index (χ3n) is 7.83. The summed E-state index contributed by atoms with van der Waals surface area (Å²) in [6.45, 7) is 8.38. The number of anilines is 1. The Kier molecular flexibility index (Phi) is 6.24. The monoisotopic (exact) mass is 480 g/mol. The van der Waals surface area contributed by atoms with E-state index in [9.17, 15) is 14.4 Å². The van der Waals surface area contributed by atoms with Crippen molar-refractivity contribution in [3.8, 4) is 0 Å². The average molecular weight is 481 g/mol. The van der Waals surface area contributed by atoms with Crippen LogP contribution in [0.3, 0.4) is 0 Å². The number of aryl methyl sites for hydroxylation is 2. The molecule has 188 valence electrons. The van der Waals surface area contributed by atoms with E-state index >= 15 is 0 Å². The molecule has 0 radical (unpaired) electrons. The minimum absolute atomic E-state index is 0.125. The number of hydrogen-bond donors (Lipinski definition) is 1. The van der Waals surface area contributed by atoms with Crippen LogP contribution < -0.4 is 10.2 Å².